The summed E-state index contributed by atoms with van der Waals surface area (Å²) in [6.45, 7) is 0. The van der Waals surface area contributed by atoms with Crippen molar-refractivity contribution in [1.29, 1.82) is 0 Å². The molecule has 2 rings (SSSR count). The molecule has 0 bridgehead atoms. The Labute approximate surface area is 107 Å². The number of amides is 1. The van der Waals surface area contributed by atoms with Crippen LogP contribution in [0, 0.1) is 5.82 Å². The van der Waals surface area contributed by atoms with E-state index in [1.165, 1.54) is 12.1 Å². The number of anilines is 1. The molecule has 4 nitrogen and oxygen atoms in total. The van der Waals surface area contributed by atoms with E-state index in [9.17, 15) is 13.4 Å². The lowest BCUT2D eigenvalue weighted by Gasteiger charge is -2.05. The van der Waals surface area contributed by atoms with Crippen LogP contribution >= 0.6 is 0 Å². The van der Waals surface area contributed by atoms with Crippen LogP contribution in [-0.4, -0.2) is 21.9 Å². The van der Waals surface area contributed by atoms with E-state index in [0.717, 1.165) is 12.8 Å². The number of carbonyl (C=O) groups is 1. The lowest BCUT2D eigenvalue weighted by molar-refractivity contribution is -0.118. The van der Waals surface area contributed by atoms with Gasteiger partial charge >= 0.3 is 0 Å². The summed E-state index contributed by atoms with van der Waals surface area (Å²) >= 11 is 0. The van der Waals surface area contributed by atoms with Gasteiger partial charge in [0.2, 0.25) is 5.91 Å². The Morgan fingerprint density at radius 3 is 2.78 bits per heavy atom. The maximum atomic E-state index is 13.1. The third-order valence-electron chi connectivity index (χ3n) is 2.54. The highest BCUT2D eigenvalue weighted by atomic mass is 32.2. The zero-order valence-corrected chi connectivity index (χ0v) is 10.6. The predicted molar refractivity (Wildman–Crippen MR) is 68.7 cm³/mol. The number of nitrogens with one attached hydrogen (secondary N) is 1. The second-order valence-corrected chi connectivity index (χ2v) is 5.92. The minimum Gasteiger partial charge on any atom is -0.399 e. The Kier molecular flexibility index (Phi) is 3.96. The van der Waals surface area contributed by atoms with Crippen LogP contribution in [0.25, 0.3) is 0 Å². The van der Waals surface area contributed by atoms with Gasteiger partial charge in [-0.3, -0.25) is 9.00 Å². The molecule has 0 aliphatic heterocycles. The summed E-state index contributed by atoms with van der Waals surface area (Å²) in [5.41, 5.74) is 6.33. The predicted octanol–water partition coefficient (Wildman–Crippen LogP) is 0.935. The van der Waals surface area contributed by atoms with Crippen LogP contribution in [0.4, 0.5) is 10.1 Å². The molecule has 98 valence electrons. The Morgan fingerprint density at radius 1 is 1.44 bits per heavy atom. The topological polar surface area (TPSA) is 72.2 Å². The molecule has 1 amide bonds. The van der Waals surface area contributed by atoms with Crippen LogP contribution in [0.3, 0.4) is 0 Å². The molecule has 0 saturated heterocycles. The summed E-state index contributed by atoms with van der Waals surface area (Å²) in [7, 11) is -1.34. The summed E-state index contributed by atoms with van der Waals surface area (Å²) in [5, 5.41) is 2.76. The lowest BCUT2D eigenvalue weighted by atomic mass is 10.2. The zero-order chi connectivity index (χ0) is 13.1. The third-order valence-corrected chi connectivity index (χ3v) is 3.78. The normalized spacial score (nSPS) is 16.3. The van der Waals surface area contributed by atoms with Gasteiger partial charge in [-0.15, -0.1) is 0 Å². The van der Waals surface area contributed by atoms with E-state index < -0.39 is 16.6 Å². The van der Waals surface area contributed by atoms with Crippen molar-refractivity contribution in [2.75, 3.05) is 11.5 Å². The number of nitrogen functional groups attached to an aromatic ring is 1. The molecule has 0 spiro atoms. The van der Waals surface area contributed by atoms with Gasteiger partial charge in [0.15, 0.2) is 0 Å². The molecular weight excluding hydrogens is 255 g/mol. The van der Waals surface area contributed by atoms with Gasteiger partial charge in [-0.2, -0.15) is 0 Å². The number of carbonyl (C=O) groups excluding carboxylic acids is 1. The number of benzene rings is 1. The van der Waals surface area contributed by atoms with E-state index >= 15 is 0 Å². The molecule has 18 heavy (non-hydrogen) atoms. The number of nitrogens with two attached hydrogens (primary N) is 1. The average molecular weight is 270 g/mol. The molecule has 1 atom stereocenters. The first-order valence-corrected chi connectivity index (χ1v) is 7.21. The highest BCUT2D eigenvalue weighted by molar-refractivity contribution is 7.84. The smallest absolute Gasteiger partial charge is 0.232 e. The van der Waals surface area contributed by atoms with Gasteiger partial charge in [0, 0.05) is 28.3 Å². The van der Waals surface area contributed by atoms with Gasteiger partial charge in [0.25, 0.3) is 0 Å². The maximum Gasteiger partial charge on any atom is 0.232 e. The maximum absolute atomic E-state index is 13.1. The van der Waals surface area contributed by atoms with Gasteiger partial charge in [0.05, 0.1) is 0 Å². The van der Waals surface area contributed by atoms with Gasteiger partial charge < -0.3 is 11.1 Å². The fraction of sp³-hybridized carbons (Fsp3) is 0.417. The Balaban J connectivity index is 1.87. The van der Waals surface area contributed by atoms with Crippen molar-refractivity contribution in [1.82, 2.24) is 5.32 Å². The Morgan fingerprint density at radius 2 is 2.17 bits per heavy atom. The zero-order valence-electron chi connectivity index (χ0n) is 9.82. The summed E-state index contributed by atoms with van der Waals surface area (Å²) < 4.78 is 24.8. The standard InChI is InChI=1S/C12H15FN2O2S/c13-9-3-8(4-10(14)5-9)6-18(17)7-12(16)15-11-1-2-11/h3-5,11H,1-2,6-7,14H2,(H,15,16). The van der Waals surface area contributed by atoms with Crippen LogP contribution in [0.2, 0.25) is 0 Å². The van der Waals surface area contributed by atoms with Gasteiger partial charge in [-0.1, -0.05) is 0 Å². The monoisotopic (exact) mass is 270 g/mol. The molecule has 6 heteroatoms. The molecule has 1 saturated carbocycles. The van der Waals surface area contributed by atoms with Crippen LogP contribution in [0.1, 0.15) is 18.4 Å². The van der Waals surface area contributed by atoms with Crippen molar-refractivity contribution in [3.63, 3.8) is 0 Å². The van der Waals surface area contributed by atoms with Crippen molar-refractivity contribution in [2.24, 2.45) is 0 Å². The molecule has 1 unspecified atom stereocenters. The molecule has 3 N–H and O–H groups in total. The molecule has 1 aliphatic rings. The first kappa shape index (κ1) is 13.0. The lowest BCUT2D eigenvalue weighted by Crippen LogP contribution is -2.30. The highest BCUT2D eigenvalue weighted by Gasteiger charge is 2.23. The summed E-state index contributed by atoms with van der Waals surface area (Å²) in [6.07, 6.45) is 2.00. The molecule has 1 aliphatic carbocycles. The van der Waals surface area contributed by atoms with Crippen LogP contribution in [-0.2, 0) is 21.3 Å². The fourth-order valence-corrected chi connectivity index (χ4v) is 2.66. The molecule has 0 aromatic heterocycles. The van der Waals surface area contributed by atoms with E-state index in [2.05, 4.69) is 5.32 Å². The van der Waals surface area contributed by atoms with Crippen molar-refractivity contribution in [2.45, 2.75) is 24.6 Å². The number of hydrogen-bond donors (Lipinski definition) is 2. The SMILES string of the molecule is Nc1cc(F)cc(CS(=O)CC(=O)NC2CC2)c1. The minimum atomic E-state index is -1.34. The van der Waals surface area contributed by atoms with Crippen LogP contribution in [0.15, 0.2) is 18.2 Å². The van der Waals surface area contributed by atoms with E-state index in [0.29, 0.717) is 11.3 Å². The van der Waals surface area contributed by atoms with Crippen molar-refractivity contribution in [3.05, 3.63) is 29.6 Å². The van der Waals surface area contributed by atoms with Crippen molar-refractivity contribution >= 4 is 22.4 Å². The molecule has 1 aromatic carbocycles. The van der Waals surface area contributed by atoms with Crippen LogP contribution in [0.5, 0.6) is 0 Å². The van der Waals surface area contributed by atoms with Crippen molar-refractivity contribution < 1.29 is 13.4 Å². The quantitative estimate of drug-likeness (QED) is 0.782. The van der Waals surface area contributed by atoms with Gasteiger partial charge in [-0.05, 0) is 36.6 Å². The second-order valence-electron chi connectivity index (χ2n) is 4.46. The summed E-state index contributed by atoms with van der Waals surface area (Å²) in [5.74, 6) is -0.572. The molecule has 0 heterocycles. The molecular formula is C12H15FN2O2S. The highest BCUT2D eigenvalue weighted by Crippen LogP contribution is 2.18. The fourth-order valence-electron chi connectivity index (χ4n) is 1.64. The average Bonchev–Trinajstić information content (AvgIpc) is 2.98. The number of hydrogen-bond acceptors (Lipinski definition) is 3. The van der Waals surface area contributed by atoms with E-state index in [1.807, 2.05) is 0 Å². The van der Waals surface area contributed by atoms with E-state index in [4.69, 9.17) is 5.73 Å². The number of halogens is 1. The Hall–Kier alpha value is -1.43. The molecule has 0 radical (unpaired) electrons. The van der Waals surface area contributed by atoms with E-state index in [-0.39, 0.29) is 23.5 Å². The molecule has 1 fully saturated rings. The first-order valence-electron chi connectivity index (χ1n) is 5.72. The first-order chi connectivity index (χ1) is 8.52. The summed E-state index contributed by atoms with van der Waals surface area (Å²) in [6, 6.07) is 4.32. The summed E-state index contributed by atoms with van der Waals surface area (Å²) in [4.78, 5) is 11.4. The molecule has 1 aromatic rings. The Bertz CT molecular complexity index is 469. The van der Waals surface area contributed by atoms with Crippen molar-refractivity contribution in [3.8, 4) is 0 Å². The number of rotatable bonds is 5. The van der Waals surface area contributed by atoms with Gasteiger partial charge in [-0.25, -0.2) is 4.39 Å². The minimum absolute atomic E-state index is 0.0487. The van der Waals surface area contributed by atoms with Gasteiger partial charge in [0.1, 0.15) is 11.6 Å². The third kappa shape index (κ3) is 4.10. The second kappa shape index (κ2) is 5.48. The van der Waals surface area contributed by atoms with Crippen LogP contribution < -0.4 is 11.1 Å². The van der Waals surface area contributed by atoms with E-state index in [1.54, 1.807) is 6.07 Å². The largest absolute Gasteiger partial charge is 0.399 e.